The number of benzene rings is 2. The molecule has 0 aliphatic carbocycles. The summed E-state index contributed by atoms with van der Waals surface area (Å²) in [6, 6.07) is 13.8. The van der Waals surface area contributed by atoms with Gasteiger partial charge in [0.05, 0.1) is 6.54 Å². The van der Waals surface area contributed by atoms with E-state index in [9.17, 15) is 8.78 Å². The molecule has 9 heteroatoms. The van der Waals surface area contributed by atoms with E-state index in [-0.39, 0.29) is 25.1 Å². The van der Waals surface area contributed by atoms with Crippen molar-refractivity contribution >= 4 is 17.2 Å². The molecule has 1 aliphatic rings. The molecule has 0 radical (unpaired) electrons. The first-order valence-electron chi connectivity index (χ1n) is 9.61. The second-order valence-corrected chi connectivity index (χ2v) is 8.18. The summed E-state index contributed by atoms with van der Waals surface area (Å²) in [5.41, 5.74) is 2.06. The molecule has 0 fully saturated rings. The van der Waals surface area contributed by atoms with Gasteiger partial charge in [0.2, 0.25) is 5.90 Å². The Morgan fingerprint density at radius 3 is 2.45 bits per heavy atom. The third kappa shape index (κ3) is 3.96. The lowest BCUT2D eigenvalue weighted by Crippen LogP contribution is -2.37. The standard InChI is InChI=1S/C22H17F2N5OS/c23-19-2-1-3-20(24)18(19)10-22(12-29-14-25-27-28-29)13-30-21(26-22)16-6-4-15(5-7-16)17-8-9-31-11-17/h1-9,11,14H,10,12-13H2. The molecule has 156 valence electrons. The number of aromatic nitrogens is 4. The lowest BCUT2D eigenvalue weighted by Gasteiger charge is -2.24. The van der Waals surface area contributed by atoms with Gasteiger partial charge < -0.3 is 4.74 Å². The Balaban J connectivity index is 1.48. The maximum absolute atomic E-state index is 14.4. The number of hydrogen-bond donors (Lipinski definition) is 0. The zero-order valence-electron chi connectivity index (χ0n) is 16.3. The van der Waals surface area contributed by atoms with Crippen LogP contribution in [-0.4, -0.2) is 38.3 Å². The number of rotatable bonds is 6. The first kappa shape index (κ1) is 19.5. The van der Waals surface area contributed by atoms with Gasteiger partial charge >= 0.3 is 0 Å². The zero-order chi connectivity index (χ0) is 21.3. The summed E-state index contributed by atoms with van der Waals surface area (Å²) < 4.78 is 36.2. The zero-order valence-corrected chi connectivity index (χ0v) is 17.1. The summed E-state index contributed by atoms with van der Waals surface area (Å²) >= 11 is 1.64. The fourth-order valence-electron chi connectivity index (χ4n) is 3.68. The monoisotopic (exact) mass is 437 g/mol. The third-order valence-corrected chi connectivity index (χ3v) is 5.90. The normalized spacial score (nSPS) is 18.1. The summed E-state index contributed by atoms with van der Waals surface area (Å²) in [6.07, 6.45) is 1.46. The van der Waals surface area contributed by atoms with E-state index in [1.54, 1.807) is 11.3 Å². The van der Waals surface area contributed by atoms with Crippen LogP contribution in [0, 0.1) is 11.6 Å². The van der Waals surface area contributed by atoms with Crippen LogP contribution in [0.5, 0.6) is 0 Å². The molecule has 1 unspecified atom stereocenters. The van der Waals surface area contributed by atoms with Crippen LogP contribution in [-0.2, 0) is 17.7 Å². The van der Waals surface area contributed by atoms with Gasteiger partial charge in [-0.25, -0.2) is 18.5 Å². The number of aliphatic imine (C=N–C) groups is 1. The number of nitrogens with zero attached hydrogens (tertiary/aromatic N) is 5. The van der Waals surface area contributed by atoms with Crippen molar-refractivity contribution in [2.75, 3.05) is 6.61 Å². The van der Waals surface area contributed by atoms with Crippen LogP contribution >= 0.6 is 11.3 Å². The Labute approximate surface area is 180 Å². The molecular weight excluding hydrogens is 420 g/mol. The predicted octanol–water partition coefficient (Wildman–Crippen LogP) is 4.14. The number of tetrazole rings is 1. The van der Waals surface area contributed by atoms with Crippen LogP contribution in [0.4, 0.5) is 8.78 Å². The van der Waals surface area contributed by atoms with Crippen LogP contribution in [0.15, 0.2) is 70.6 Å². The topological polar surface area (TPSA) is 65.2 Å². The number of ether oxygens (including phenoxy) is 1. The van der Waals surface area contributed by atoms with Crippen LogP contribution < -0.4 is 0 Å². The van der Waals surface area contributed by atoms with E-state index < -0.39 is 17.2 Å². The van der Waals surface area contributed by atoms with Gasteiger partial charge in [0, 0.05) is 17.5 Å². The second kappa shape index (κ2) is 7.99. The maximum Gasteiger partial charge on any atom is 0.216 e. The predicted molar refractivity (Wildman–Crippen MR) is 113 cm³/mol. The van der Waals surface area contributed by atoms with Gasteiger partial charge in [-0.2, -0.15) is 11.3 Å². The number of halogens is 2. The largest absolute Gasteiger partial charge is 0.475 e. The molecule has 2 aromatic heterocycles. The molecule has 4 aromatic rings. The van der Waals surface area contributed by atoms with Crippen molar-refractivity contribution in [3.8, 4) is 11.1 Å². The molecule has 1 atom stereocenters. The summed E-state index contributed by atoms with van der Waals surface area (Å²) in [6.45, 7) is 0.381. The quantitative estimate of drug-likeness (QED) is 0.455. The second-order valence-electron chi connectivity index (χ2n) is 7.40. The van der Waals surface area contributed by atoms with Crippen molar-refractivity contribution in [3.63, 3.8) is 0 Å². The summed E-state index contributed by atoms with van der Waals surface area (Å²) in [4.78, 5) is 4.78. The average molecular weight is 437 g/mol. The minimum absolute atomic E-state index is 0.0157. The Bertz CT molecular complexity index is 1190. The highest BCUT2D eigenvalue weighted by Gasteiger charge is 2.39. The summed E-state index contributed by atoms with van der Waals surface area (Å²) in [5, 5.41) is 15.3. The van der Waals surface area contributed by atoms with E-state index in [1.807, 2.05) is 29.6 Å². The van der Waals surface area contributed by atoms with E-state index in [0.717, 1.165) is 16.7 Å². The third-order valence-electron chi connectivity index (χ3n) is 5.22. The van der Waals surface area contributed by atoms with Gasteiger partial charge in [0.15, 0.2) is 0 Å². The lowest BCUT2D eigenvalue weighted by molar-refractivity contribution is 0.224. The molecular formula is C22H17F2N5OS. The summed E-state index contributed by atoms with van der Waals surface area (Å²) in [7, 11) is 0. The molecule has 6 nitrogen and oxygen atoms in total. The van der Waals surface area contributed by atoms with Gasteiger partial charge in [0.25, 0.3) is 0 Å². The Hall–Kier alpha value is -3.46. The smallest absolute Gasteiger partial charge is 0.216 e. The maximum atomic E-state index is 14.4. The van der Waals surface area contributed by atoms with E-state index in [1.165, 1.54) is 29.2 Å². The van der Waals surface area contributed by atoms with Gasteiger partial charge in [-0.15, -0.1) is 5.10 Å². The van der Waals surface area contributed by atoms with Gasteiger partial charge in [-0.3, -0.25) is 0 Å². The van der Waals surface area contributed by atoms with Crippen molar-refractivity contribution in [1.82, 2.24) is 20.2 Å². The highest BCUT2D eigenvalue weighted by molar-refractivity contribution is 7.08. The first-order chi connectivity index (χ1) is 15.1. The Morgan fingerprint density at radius 2 is 1.77 bits per heavy atom. The van der Waals surface area contributed by atoms with E-state index in [2.05, 4.69) is 27.0 Å². The molecule has 0 saturated heterocycles. The molecule has 0 bridgehead atoms. The molecule has 0 spiro atoms. The fourth-order valence-corrected chi connectivity index (χ4v) is 4.34. The van der Waals surface area contributed by atoms with Crippen LogP contribution in [0.25, 0.3) is 11.1 Å². The lowest BCUT2D eigenvalue weighted by atomic mass is 9.91. The molecule has 0 saturated carbocycles. The van der Waals surface area contributed by atoms with Gasteiger partial charge in [0.1, 0.15) is 30.1 Å². The Morgan fingerprint density at radius 1 is 1.00 bits per heavy atom. The van der Waals surface area contributed by atoms with Crippen molar-refractivity contribution in [2.24, 2.45) is 4.99 Å². The van der Waals surface area contributed by atoms with Crippen molar-refractivity contribution in [1.29, 1.82) is 0 Å². The van der Waals surface area contributed by atoms with Gasteiger partial charge in [-0.1, -0.05) is 18.2 Å². The molecule has 3 heterocycles. The van der Waals surface area contributed by atoms with Crippen LogP contribution in [0.2, 0.25) is 0 Å². The van der Waals surface area contributed by atoms with E-state index in [4.69, 9.17) is 9.73 Å². The highest BCUT2D eigenvalue weighted by atomic mass is 32.1. The minimum atomic E-state index is -0.945. The highest BCUT2D eigenvalue weighted by Crippen LogP contribution is 2.31. The van der Waals surface area contributed by atoms with Crippen molar-refractivity contribution < 1.29 is 13.5 Å². The van der Waals surface area contributed by atoms with E-state index >= 15 is 0 Å². The molecule has 31 heavy (non-hydrogen) atoms. The average Bonchev–Trinajstić information content (AvgIpc) is 3.54. The molecule has 1 aliphatic heterocycles. The Kier molecular flexibility index (Phi) is 5.03. The molecule has 2 aromatic carbocycles. The first-order valence-corrected chi connectivity index (χ1v) is 10.6. The molecule has 5 rings (SSSR count). The van der Waals surface area contributed by atoms with Crippen LogP contribution in [0.3, 0.4) is 0 Å². The van der Waals surface area contributed by atoms with Crippen LogP contribution in [0.1, 0.15) is 11.1 Å². The molecule has 0 amide bonds. The summed E-state index contributed by atoms with van der Waals surface area (Å²) in [5.74, 6) is -0.790. The molecule has 0 N–H and O–H groups in total. The van der Waals surface area contributed by atoms with Crippen molar-refractivity contribution in [2.45, 2.75) is 18.5 Å². The van der Waals surface area contributed by atoms with E-state index in [0.29, 0.717) is 5.90 Å². The number of thiophene rings is 1. The van der Waals surface area contributed by atoms with Crippen molar-refractivity contribution in [3.05, 3.63) is 88.4 Å². The van der Waals surface area contributed by atoms with Gasteiger partial charge in [-0.05, 0) is 62.6 Å². The fraction of sp³-hybridized carbons (Fsp3) is 0.182. The minimum Gasteiger partial charge on any atom is -0.475 e. The number of hydrogen-bond acceptors (Lipinski definition) is 6. The SMILES string of the molecule is Fc1cccc(F)c1CC1(Cn2cnnn2)COC(c2ccc(-c3ccsc3)cc2)=N1.